The Labute approximate surface area is 118 Å². The van der Waals surface area contributed by atoms with Gasteiger partial charge in [0.2, 0.25) is 0 Å². The van der Waals surface area contributed by atoms with Crippen molar-refractivity contribution in [2.24, 2.45) is 0 Å². The van der Waals surface area contributed by atoms with E-state index in [1.54, 1.807) is 48.5 Å². The smallest absolute Gasteiger partial charge is 0.138 e. The number of hydrogen-bond acceptors (Lipinski definition) is 5. The summed E-state index contributed by atoms with van der Waals surface area (Å²) in [4.78, 5) is 0. The number of nitrogens with two attached hydrogens (primary N) is 2. The van der Waals surface area contributed by atoms with Crippen molar-refractivity contribution in [3.8, 4) is 11.5 Å². The zero-order chi connectivity index (χ0) is 14.7. The van der Waals surface area contributed by atoms with Crippen LogP contribution in [0.2, 0.25) is 0 Å². The molecule has 0 saturated carbocycles. The van der Waals surface area contributed by atoms with Crippen LogP contribution in [0.25, 0.3) is 0 Å². The van der Waals surface area contributed by atoms with Gasteiger partial charge in [-0.1, -0.05) is 24.3 Å². The van der Waals surface area contributed by atoms with E-state index in [1.807, 2.05) is 0 Å². The lowest BCUT2D eigenvalue weighted by Crippen LogP contribution is -1.82. The Morgan fingerprint density at radius 3 is 1.16 bits per heavy atom. The van der Waals surface area contributed by atoms with Crippen LogP contribution in [0, 0.1) is 0 Å². The number of nitrogen functional groups attached to an aromatic ring is 2. The highest BCUT2D eigenvalue weighted by Gasteiger charge is 1.88. The Kier molecular flexibility index (Phi) is 8.97. The maximum absolute atomic E-state index is 8.79. The third-order valence-electron chi connectivity index (χ3n) is 1.87. The van der Waals surface area contributed by atoms with Gasteiger partial charge in [0, 0.05) is 0 Å². The number of hydrogen-bond donors (Lipinski definition) is 4. The molecule has 0 bridgehead atoms. The minimum absolute atomic E-state index is 0.146. The van der Waals surface area contributed by atoms with Crippen molar-refractivity contribution in [2.75, 3.05) is 11.5 Å². The fourth-order valence-electron chi connectivity index (χ4n) is 0.975. The average Bonchev–Trinajstić information content (AvgIpc) is 2.38. The van der Waals surface area contributed by atoms with E-state index in [0.29, 0.717) is 11.4 Å². The second-order valence-electron chi connectivity index (χ2n) is 3.53. The maximum Gasteiger partial charge on any atom is 0.138 e. The van der Waals surface area contributed by atoms with Crippen molar-refractivity contribution in [3.05, 3.63) is 48.5 Å². The number of rotatable bonds is 0. The third-order valence-corrected chi connectivity index (χ3v) is 1.87. The van der Waals surface area contributed by atoms with Crippen LogP contribution < -0.4 is 11.5 Å². The van der Waals surface area contributed by atoms with E-state index in [1.165, 1.54) is 0 Å². The summed E-state index contributed by atoms with van der Waals surface area (Å²) in [7, 11) is 1.86. The Balaban J connectivity index is 0.000000284. The van der Waals surface area contributed by atoms with Crippen molar-refractivity contribution in [2.45, 2.75) is 0 Å². The van der Waals surface area contributed by atoms with E-state index in [4.69, 9.17) is 21.7 Å². The summed E-state index contributed by atoms with van der Waals surface area (Å²) in [6.45, 7) is 0. The first kappa shape index (κ1) is 17.0. The normalized spacial score (nSPS) is 8.84. The molecule has 2 rings (SSSR count). The summed E-state index contributed by atoms with van der Waals surface area (Å²) in [6.07, 6.45) is 0. The molecule has 0 saturated heterocycles. The number of phenols is 2. The summed E-state index contributed by atoms with van der Waals surface area (Å²) >= 11 is 0. The predicted molar refractivity (Wildman–Crippen MR) is 86.0 cm³/mol. The van der Waals surface area contributed by atoms with Gasteiger partial charge in [-0.05, 0) is 24.3 Å². The molecule has 0 aliphatic heterocycles. The summed E-state index contributed by atoms with van der Waals surface area (Å²) < 4.78 is 4.53. The second-order valence-corrected chi connectivity index (χ2v) is 6.79. The molecule has 2 aromatic carbocycles. The standard InChI is InChI=1S/2C6H7NO.H6OSi2/c2*7-5-3-1-2-4-6(5)8;2-1-3/h2*1-4,8H,7H2;2-3H3. The predicted octanol–water partition coefficient (Wildman–Crippen LogP) is -0.487. The molecule has 104 valence electrons. The molecule has 0 aliphatic rings. The molecule has 0 unspecified atom stereocenters. The molecule has 0 spiro atoms. The van der Waals surface area contributed by atoms with Gasteiger partial charge in [0.05, 0.1) is 11.4 Å². The van der Waals surface area contributed by atoms with Crippen LogP contribution in [-0.4, -0.2) is 31.2 Å². The minimum atomic E-state index is 0.146. The lowest BCUT2D eigenvalue weighted by Gasteiger charge is -1.92. The van der Waals surface area contributed by atoms with Crippen LogP contribution in [0.5, 0.6) is 11.5 Å². The van der Waals surface area contributed by atoms with Crippen LogP contribution in [-0.2, 0) is 4.12 Å². The monoisotopic (exact) mass is 296 g/mol. The topological polar surface area (TPSA) is 102 Å². The van der Waals surface area contributed by atoms with Crippen molar-refractivity contribution >= 4 is 32.3 Å². The molecule has 0 aromatic heterocycles. The molecular formula is C12H20N2O3Si2. The summed E-state index contributed by atoms with van der Waals surface area (Å²) in [5.41, 5.74) is 11.4. The zero-order valence-electron chi connectivity index (χ0n) is 11.1. The molecule has 0 aliphatic carbocycles. The van der Waals surface area contributed by atoms with Crippen molar-refractivity contribution in [1.29, 1.82) is 0 Å². The molecule has 5 nitrogen and oxygen atoms in total. The lowest BCUT2D eigenvalue weighted by atomic mass is 10.3. The van der Waals surface area contributed by atoms with Gasteiger partial charge in [-0.3, -0.25) is 0 Å². The number of anilines is 2. The van der Waals surface area contributed by atoms with Gasteiger partial charge in [-0.15, -0.1) is 0 Å². The third kappa shape index (κ3) is 7.87. The highest BCUT2D eigenvalue weighted by Crippen LogP contribution is 2.16. The first-order chi connectivity index (χ1) is 9.02. The van der Waals surface area contributed by atoms with E-state index < -0.39 is 0 Å². The average molecular weight is 296 g/mol. The van der Waals surface area contributed by atoms with Gasteiger partial charge in [0.15, 0.2) is 0 Å². The van der Waals surface area contributed by atoms with Gasteiger partial charge < -0.3 is 25.8 Å². The van der Waals surface area contributed by atoms with Crippen molar-refractivity contribution < 1.29 is 14.3 Å². The molecule has 0 fully saturated rings. The fourth-order valence-corrected chi connectivity index (χ4v) is 0.975. The zero-order valence-corrected chi connectivity index (χ0v) is 15.1. The molecule has 0 atom stereocenters. The van der Waals surface area contributed by atoms with Crippen LogP contribution in [0.3, 0.4) is 0 Å². The summed E-state index contributed by atoms with van der Waals surface area (Å²) in [6, 6.07) is 13.4. The highest BCUT2D eigenvalue weighted by atomic mass is 28.3. The van der Waals surface area contributed by atoms with E-state index in [0.717, 1.165) is 21.0 Å². The van der Waals surface area contributed by atoms with Crippen LogP contribution in [0.15, 0.2) is 48.5 Å². The summed E-state index contributed by atoms with van der Waals surface area (Å²) in [5, 5.41) is 17.6. The van der Waals surface area contributed by atoms with Gasteiger partial charge >= 0.3 is 0 Å². The van der Waals surface area contributed by atoms with Crippen molar-refractivity contribution in [3.63, 3.8) is 0 Å². The molecular weight excluding hydrogens is 276 g/mol. The SMILES string of the molecule is Nc1ccccc1O.Nc1ccccc1O.[SiH3]O[SiH3]. The Morgan fingerprint density at radius 2 is 1.00 bits per heavy atom. The maximum atomic E-state index is 8.79. The Morgan fingerprint density at radius 1 is 0.737 bits per heavy atom. The van der Waals surface area contributed by atoms with E-state index in [9.17, 15) is 0 Å². The Bertz CT molecular complexity index is 399. The molecule has 2 aromatic rings. The molecule has 0 radical (unpaired) electrons. The molecule has 6 N–H and O–H groups in total. The van der Waals surface area contributed by atoms with Gasteiger partial charge in [0.25, 0.3) is 0 Å². The molecule has 0 amide bonds. The van der Waals surface area contributed by atoms with Crippen LogP contribution in [0.4, 0.5) is 11.4 Å². The van der Waals surface area contributed by atoms with E-state index >= 15 is 0 Å². The number of aromatic hydroxyl groups is 2. The Hall–Kier alpha value is -1.97. The first-order valence-electron chi connectivity index (χ1n) is 5.50. The first-order valence-corrected chi connectivity index (χ1v) is 7.13. The van der Waals surface area contributed by atoms with Gasteiger partial charge in [-0.25, -0.2) is 0 Å². The molecule has 7 heteroatoms. The fraction of sp³-hybridized carbons (Fsp3) is 0. The largest absolute Gasteiger partial charge is 0.506 e. The number of benzene rings is 2. The van der Waals surface area contributed by atoms with Crippen LogP contribution in [0.1, 0.15) is 0 Å². The number of para-hydroxylation sites is 4. The minimum Gasteiger partial charge on any atom is -0.506 e. The van der Waals surface area contributed by atoms with Crippen LogP contribution >= 0.6 is 0 Å². The second kappa shape index (κ2) is 10.0. The highest BCUT2D eigenvalue weighted by molar-refractivity contribution is 6.15. The van der Waals surface area contributed by atoms with Crippen molar-refractivity contribution in [1.82, 2.24) is 0 Å². The summed E-state index contributed by atoms with van der Waals surface area (Å²) in [5.74, 6) is 0.292. The van der Waals surface area contributed by atoms with Gasteiger partial charge in [-0.2, -0.15) is 0 Å². The number of phenolic OH excluding ortho intramolecular Hbond substituents is 2. The van der Waals surface area contributed by atoms with E-state index in [-0.39, 0.29) is 11.5 Å². The quantitative estimate of drug-likeness (QED) is 0.299. The lowest BCUT2D eigenvalue weighted by molar-refractivity contribution is 0.477. The molecule has 0 heterocycles. The van der Waals surface area contributed by atoms with E-state index in [2.05, 4.69) is 4.12 Å². The van der Waals surface area contributed by atoms with Gasteiger partial charge in [0.1, 0.15) is 32.5 Å². The molecule has 19 heavy (non-hydrogen) atoms.